The molecular weight excluding hydrogens is 437 g/mol. The van der Waals surface area contributed by atoms with Gasteiger partial charge < -0.3 is 15.3 Å². The van der Waals surface area contributed by atoms with Crippen LogP contribution in [0, 0.1) is 0 Å². The van der Waals surface area contributed by atoms with Gasteiger partial charge in [0, 0.05) is 35.8 Å². The largest absolute Gasteiger partial charge is 0.398 e. The molecule has 172 valence electrons. The van der Waals surface area contributed by atoms with Crippen LogP contribution in [-0.2, 0) is 4.79 Å². The number of halogens is 3. The number of aliphatic hydroxyl groups excluding tert-OH is 1. The number of carbonyl (C=O) groups excluding carboxylic acids is 1. The molecule has 11 heteroatoms. The first-order valence-corrected chi connectivity index (χ1v) is 10.6. The highest BCUT2D eigenvalue weighted by Gasteiger charge is 2.53. The summed E-state index contributed by atoms with van der Waals surface area (Å²) in [6, 6.07) is 13.5. The first-order valence-electron chi connectivity index (χ1n) is 10.6. The van der Waals surface area contributed by atoms with Crippen molar-refractivity contribution < 1.29 is 23.1 Å². The lowest BCUT2D eigenvalue weighted by Gasteiger charge is -2.34. The quantitative estimate of drug-likeness (QED) is 0.557. The molecule has 1 amide bonds. The fraction of sp³-hybridized carbons (Fsp3) is 0.364. The summed E-state index contributed by atoms with van der Waals surface area (Å²) < 4.78 is 41.1. The lowest BCUT2D eigenvalue weighted by molar-refractivity contribution is -0.177. The third kappa shape index (κ3) is 3.92. The number of carbonyl (C=O) groups is 1. The van der Waals surface area contributed by atoms with Gasteiger partial charge in [0.25, 0.3) is 5.91 Å². The smallest absolute Gasteiger partial charge is 0.382 e. The molecule has 0 bridgehead atoms. The van der Waals surface area contributed by atoms with E-state index >= 15 is 0 Å². The van der Waals surface area contributed by atoms with Gasteiger partial charge in [-0.25, -0.2) is 0 Å². The maximum absolute atomic E-state index is 13.7. The van der Waals surface area contributed by atoms with Gasteiger partial charge in [0.2, 0.25) is 0 Å². The number of hydrogen-bond acceptors (Lipinski definition) is 6. The normalized spacial score (nSPS) is 21.6. The molecule has 0 saturated carbocycles. The summed E-state index contributed by atoms with van der Waals surface area (Å²) in [4.78, 5) is 13.8. The van der Waals surface area contributed by atoms with Gasteiger partial charge in [0.15, 0.2) is 11.6 Å². The van der Waals surface area contributed by atoms with Crippen molar-refractivity contribution in [2.24, 2.45) is 0 Å². The summed E-state index contributed by atoms with van der Waals surface area (Å²) in [5.74, 6) is -3.08. The zero-order valence-corrected chi connectivity index (χ0v) is 17.4. The summed E-state index contributed by atoms with van der Waals surface area (Å²) in [6.07, 6.45) is -5.86. The van der Waals surface area contributed by atoms with Crippen molar-refractivity contribution in [3.8, 4) is 11.3 Å². The number of hydrogen-bond donors (Lipinski definition) is 3. The van der Waals surface area contributed by atoms with Crippen molar-refractivity contribution in [1.29, 1.82) is 0 Å². The summed E-state index contributed by atoms with van der Waals surface area (Å²) in [7, 11) is 0. The van der Waals surface area contributed by atoms with E-state index in [9.17, 15) is 23.1 Å². The number of nitrogens with one attached hydrogen (secondary N) is 2. The predicted molar refractivity (Wildman–Crippen MR) is 114 cm³/mol. The number of fused-ring (bicyclic) bond motifs is 1. The van der Waals surface area contributed by atoms with Gasteiger partial charge >= 0.3 is 6.18 Å². The second kappa shape index (κ2) is 8.14. The highest BCUT2D eigenvalue weighted by Crippen LogP contribution is 2.47. The molecule has 8 nitrogen and oxygen atoms in total. The van der Waals surface area contributed by atoms with Crippen LogP contribution in [0.1, 0.15) is 35.9 Å². The van der Waals surface area contributed by atoms with Crippen LogP contribution < -0.4 is 10.2 Å². The number of alkyl halides is 3. The minimum atomic E-state index is -4.78. The van der Waals surface area contributed by atoms with Gasteiger partial charge in [-0.3, -0.25) is 9.89 Å². The number of benzene rings is 1. The molecule has 1 fully saturated rings. The summed E-state index contributed by atoms with van der Waals surface area (Å²) in [5, 5.41) is 27.4. The molecule has 1 aromatic carbocycles. The standard InChI is InChI=1S/C22H21F3N6O2/c23-22(24,25)17-16-18(29-30-20(16)26-21(33)19(17)32)13-8-10-31(11-9-13)15-7-6-14(27-28-15)12-4-2-1-3-5-12/h1-7,13,17,19,32H,8-11H2,(H2,26,29,30,33). The Kier molecular flexibility index (Phi) is 5.28. The summed E-state index contributed by atoms with van der Waals surface area (Å²) in [5.41, 5.74) is 1.88. The molecule has 3 aromatic rings. The first-order chi connectivity index (χ1) is 15.8. The molecule has 2 aromatic heterocycles. The zero-order chi connectivity index (χ0) is 23.2. The Morgan fingerprint density at radius 2 is 1.76 bits per heavy atom. The van der Waals surface area contributed by atoms with Gasteiger partial charge in [-0.15, -0.1) is 10.2 Å². The molecule has 0 aliphatic carbocycles. The van der Waals surface area contributed by atoms with Crippen molar-refractivity contribution in [1.82, 2.24) is 20.4 Å². The highest BCUT2D eigenvalue weighted by atomic mass is 19.4. The minimum absolute atomic E-state index is 0.160. The fourth-order valence-electron chi connectivity index (χ4n) is 4.58. The van der Waals surface area contributed by atoms with Crippen LogP contribution in [-0.4, -0.2) is 56.8 Å². The molecule has 5 rings (SSSR count). The Morgan fingerprint density at radius 3 is 2.39 bits per heavy atom. The second-order valence-electron chi connectivity index (χ2n) is 8.26. The van der Waals surface area contributed by atoms with E-state index in [4.69, 9.17) is 0 Å². The fourth-order valence-corrected chi connectivity index (χ4v) is 4.58. The van der Waals surface area contributed by atoms with Crippen LogP contribution >= 0.6 is 0 Å². The van der Waals surface area contributed by atoms with E-state index in [1.54, 1.807) is 0 Å². The molecule has 0 spiro atoms. The molecule has 2 aliphatic heterocycles. The molecule has 2 atom stereocenters. The van der Waals surface area contributed by atoms with Gasteiger partial charge in [0.1, 0.15) is 12.0 Å². The Labute approximate surface area is 186 Å². The van der Waals surface area contributed by atoms with Gasteiger partial charge in [-0.1, -0.05) is 30.3 Å². The number of anilines is 2. The van der Waals surface area contributed by atoms with E-state index in [0.717, 1.165) is 11.3 Å². The number of aromatic amines is 1. The van der Waals surface area contributed by atoms with E-state index in [2.05, 4.69) is 25.7 Å². The number of amides is 1. The average Bonchev–Trinajstić information content (AvgIpc) is 3.22. The van der Waals surface area contributed by atoms with Gasteiger partial charge in [-0.2, -0.15) is 18.3 Å². The van der Waals surface area contributed by atoms with Crippen LogP contribution in [0.3, 0.4) is 0 Å². The van der Waals surface area contributed by atoms with E-state index in [-0.39, 0.29) is 17.3 Å². The SMILES string of the molecule is O=C1Nc2n[nH]c(C3CCN(c4ccc(-c5ccccc5)nn4)CC3)c2C(C(F)(F)F)C1O. The maximum Gasteiger partial charge on any atom is 0.398 e. The van der Waals surface area contributed by atoms with Crippen LogP contribution in [0.25, 0.3) is 11.3 Å². The van der Waals surface area contributed by atoms with Crippen molar-refractivity contribution in [2.45, 2.75) is 37.0 Å². The monoisotopic (exact) mass is 458 g/mol. The molecular formula is C22H21F3N6O2. The Morgan fingerprint density at radius 1 is 1.03 bits per heavy atom. The number of H-pyrrole nitrogens is 1. The number of piperidine rings is 1. The van der Waals surface area contributed by atoms with Crippen molar-refractivity contribution in [3.05, 3.63) is 53.7 Å². The number of aromatic nitrogens is 4. The second-order valence-corrected chi connectivity index (χ2v) is 8.26. The predicted octanol–water partition coefficient (Wildman–Crippen LogP) is 3.21. The van der Waals surface area contributed by atoms with E-state index < -0.39 is 24.1 Å². The lowest BCUT2D eigenvalue weighted by Crippen LogP contribution is -2.44. The lowest BCUT2D eigenvalue weighted by atomic mass is 9.83. The van der Waals surface area contributed by atoms with Gasteiger partial charge in [-0.05, 0) is 25.0 Å². The van der Waals surface area contributed by atoms with Crippen LogP contribution in [0.2, 0.25) is 0 Å². The maximum atomic E-state index is 13.7. The molecule has 33 heavy (non-hydrogen) atoms. The highest BCUT2D eigenvalue weighted by molar-refractivity contribution is 5.97. The van der Waals surface area contributed by atoms with Crippen molar-refractivity contribution >= 4 is 17.5 Å². The Bertz CT molecular complexity index is 1140. The molecule has 1 saturated heterocycles. The Balaban J connectivity index is 1.32. The molecule has 2 aliphatic rings. The number of aliphatic hydroxyl groups is 1. The molecule has 2 unspecified atom stereocenters. The van der Waals surface area contributed by atoms with Crippen LogP contribution in [0.15, 0.2) is 42.5 Å². The topological polar surface area (TPSA) is 107 Å². The summed E-state index contributed by atoms with van der Waals surface area (Å²) >= 11 is 0. The van der Waals surface area contributed by atoms with Crippen molar-refractivity contribution in [2.75, 3.05) is 23.3 Å². The Hall–Kier alpha value is -3.47. The third-order valence-electron chi connectivity index (χ3n) is 6.27. The van der Waals surface area contributed by atoms with E-state index in [0.29, 0.717) is 37.4 Å². The number of rotatable bonds is 3. The van der Waals surface area contributed by atoms with Crippen LogP contribution in [0.4, 0.5) is 24.8 Å². The minimum Gasteiger partial charge on any atom is -0.382 e. The zero-order valence-electron chi connectivity index (χ0n) is 17.4. The van der Waals surface area contributed by atoms with E-state index in [1.807, 2.05) is 47.4 Å². The number of nitrogens with zero attached hydrogens (tertiary/aromatic N) is 4. The molecule has 4 heterocycles. The van der Waals surface area contributed by atoms with Crippen molar-refractivity contribution in [3.63, 3.8) is 0 Å². The average molecular weight is 458 g/mol. The van der Waals surface area contributed by atoms with Gasteiger partial charge in [0.05, 0.1) is 5.69 Å². The first kappa shape index (κ1) is 21.4. The molecule has 0 radical (unpaired) electrons. The molecule has 3 N–H and O–H groups in total. The van der Waals surface area contributed by atoms with E-state index in [1.165, 1.54) is 0 Å². The van der Waals surface area contributed by atoms with Crippen LogP contribution in [0.5, 0.6) is 0 Å². The summed E-state index contributed by atoms with van der Waals surface area (Å²) in [6.45, 7) is 1.15. The third-order valence-corrected chi connectivity index (χ3v) is 6.27.